The highest BCUT2D eigenvalue weighted by atomic mass is 16.7. The van der Waals surface area contributed by atoms with E-state index in [0.29, 0.717) is 0 Å². The maximum absolute atomic E-state index is 6.22. The molecule has 0 bridgehead atoms. The Bertz CT molecular complexity index is 579. The summed E-state index contributed by atoms with van der Waals surface area (Å²) < 4.78 is 0. The van der Waals surface area contributed by atoms with E-state index in [2.05, 4.69) is 87.8 Å². The first kappa shape index (κ1) is 18.7. The Kier molecular flexibility index (Phi) is 7.01. The molecule has 0 aliphatic carbocycles. The molecular formula is C22H31NO. The minimum Gasteiger partial charge on any atom is -0.293 e. The van der Waals surface area contributed by atoms with Gasteiger partial charge in [0.1, 0.15) is 6.10 Å². The van der Waals surface area contributed by atoms with Crippen LogP contribution in [0.25, 0.3) is 0 Å². The van der Waals surface area contributed by atoms with Crippen LogP contribution >= 0.6 is 0 Å². The molecule has 0 fully saturated rings. The zero-order valence-electron chi connectivity index (χ0n) is 15.5. The van der Waals surface area contributed by atoms with E-state index in [1.165, 1.54) is 11.1 Å². The Morgan fingerprint density at radius 1 is 0.875 bits per heavy atom. The quantitative estimate of drug-likeness (QED) is 0.552. The van der Waals surface area contributed by atoms with E-state index >= 15 is 0 Å². The second kappa shape index (κ2) is 9.00. The molecule has 0 saturated carbocycles. The van der Waals surface area contributed by atoms with Gasteiger partial charge in [-0.05, 0) is 29.4 Å². The lowest BCUT2D eigenvalue weighted by atomic mass is 9.79. The molecule has 0 amide bonds. The summed E-state index contributed by atoms with van der Waals surface area (Å²) in [6.45, 7) is 9.01. The molecule has 0 heterocycles. The number of hydrogen-bond donors (Lipinski definition) is 1. The van der Waals surface area contributed by atoms with Crippen LogP contribution in [0.2, 0.25) is 0 Å². The highest BCUT2D eigenvalue weighted by Crippen LogP contribution is 2.37. The summed E-state index contributed by atoms with van der Waals surface area (Å²) >= 11 is 0. The van der Waals surface area contributed by atoms with Gasteiger partial charge in [0, 0.05) is 0 Å². The summed E-state index contributed by atoms with van der Waals surface area (Å²) in [7, 11) is 0. The number of hydroxylamine groups is 1. The average molecular weight is 325 g/mol. The fourth-order valence-corrected chi connectivity index (χ4v) is 2.90. The predicted molar refractivity (Wildman–Crippen MR) is 102 cm³/mol. The number of benzene rings is 2. The lowest BCUT2D eigenvalue weighted by molar-refractivity contribution is -0.0728. The largest absolute Gasteiger partial charge is 0.293 e. The molecular weight excluding hydrogens is 294 g/mol. The van der Waals surface area contributed by atoms with Crippen molar-refractivity contribution in [3.8, 4) is 0 Å². The predicted octanol–water partition coefficient (Wildman–Crippen LogP) is 6.23. The van der Waals surface area contributed by atoms with Gasteiger partial charge in [0.2, 0.25) is 0 Å². The maximum Gasteiger partial charge on any atom is 0.104 e. The van der Waals surface area contributed by atoms with Gasteiger partial charge in [-0.1, -0.05) is 94.8 Å². The molecule has 0 aliphatic rings. The van der Waals surface area contributed by atoms with E-state index < -0.39 is 0 Å². The maximum atomic E-state index is 6.22. The Morgan fingerprint density at radius 2 is 1.42 bits per heavy atom. The molecule has 0 aromatic heterocycles. The van der Waals surface area contributed by atoms with Crippen molar-refractivity contribution >= 4 is 0 Å². The molecule has 0 unspecified atom stereocenters. The molecule has 2 aromatic rings. The van der Waals surface area contributed by atoms with E-state index in [9.17, 15) is 0 Å². The van der Waals surface area contributed by atoms with E-state index in [0.717, 1.165) is 19.3 Å². The molecule has 2 nitrogen and oxygen atoms in total. The molecule has 24 heavy (non-hydrogen) atoms. The summed E-state index contributed by atoms with van der Waals surface area (Å²) in [6, 6.07) is 21.2. The third-order valence-electron chi connectivity index (χ3n) is 4.88. The third-order valence-corrected chi connectivity index (χ3v) is 4.88. The molecule has 0 radical (unpaired) electrons. The molecule has 2 atom stereocenters. The van der Waals surface area contributed by atoms with Crippen LogP contribution < -0.4 is 5.48 Å². The highest BCUT2D eigenvalue weighted by Gasteiger charge is 2.30. The van der Waals surface area contributed by atoms with Crippen molar-refractivity contribution in [3.05, 3.63) is 71.8 Å². The Balaban J connectivity index is 2.16. The molecule has 0 spiro atoms. The second-order valence-corrected chi connectivity index (χ2v) is 7.11. The van der Waals surface area contributed by atoms with Gasteiger partial charge in [0.25, 0.3) is 0 Å². The van der Waals surface area contributed by atoms with E-state index in [1.807, 2.05) is 6.07 Å². The first-order valence-electron chi connectivity index (χ1n) is 9.09. The van der Waals surface area contributed by atoms with E-state index in [1.54, 1.807) is 0 Å². The lowest BCUT2D eigenvalue weighted by Crippen LogP contribution is -2.35. The summed E-state index contributed by atoms with van der Waals surface area (Å²) in [5.74, 6) is 0. The average Bonchev–Trinajstić information content (AvgIpc) is 2.62. The van der Waals surface area contributed by atoms with Gasteiger partial charge in [-0.3, -0.25) is 4.84 Å². The van der Waals surface area contributed by atoms with Crippen LogP contribution in [0.1, 0.15) is 70.2 Å². The van der Waals surface area contributed by atoms with Gasteiger partial charge in [-0.15, -0.1) is 0 Å². The van der Waals surface area contributed by atoms with Crippen molar-refractivity contribution in [2.75, 3.05) is 0 Å². The Morgan fingerprint density at radius 3 is 1.92 bits per heavy atom. The minimum absolute atomic E-state index is 0.0788. The van der Waals surface area contributed by atoms with Gasteiger partial charge in [-0.2, -0.15) is 5.48 Å². The summed E-state index contributed by atoms with van der Waals surface area (Å²) in [6.07, 6.45) is 3.25. The smallest absolute Gasteiger partial charge is 0.104 e. The normalized spacial score (nSPS) is 14.3. The molecule has 2 heteroatoms. The SMILES string of the molecule is CCC[C@H](ON[C@@H](c1ccccc1)C(C)(C)CC)c1ccccc1. The van der Waals surface area contributed by atoms with Crippen LogP contribution in [0.3, 0.4) is 0 Å². The number of hydrogen-bond acceptors (Lipinski definition) is 2. The van der Waals surface area contributed by atoms with Gasteiger partial charge in [0.05, 0.1) is 6.04 Å². The minimum atomic E-state index is 0.0788. The van der Waals surface area contributed by atoms with Crippen molar-refractivity contribution in [2.24, 2.45) is 5.41 Å². The summed E-state index contributed by atoms with van der Waals surface area (Å²) in [5, 5.41) is 0. The molecule has 2 aromatic carbocycles. The number of rotatable bonds is 9. The first-order valence-corrected chi connectivity index (χ1v) is 9.09. The van der Waals surface area contributed by atoms with Crippen LogP contribution in [-0.2, 0) is 4.84 Å². The van der Waals surface area contributed by atoms with Gasteiger partial charge in [0.15, 0.2) is 0 Å². The molecule has 2 rings (SSSR count). The van der Waals surface area contributed by atoms with Gasteiger partial charge >= 0.3 is 0 Å². The monoisotopic (exact) mass is 325 g/mol. The summed E-state index contributed by atoms with van der Waals surface area (Å²) in [4.78, 5) is 6.22. The third kappa shape index (κ3) is 4.93. The van der Waals surface area contributed by atoms with Crippen molar-refractivity contribution in [3.63, 3.8) is 0 Å². The van der Waals surface area contributed by atoms with Crippen molar-refractivity contribution in [1.29, 1.82) is 0 Å². The Hall–Kier alpha value is -1.64. The fourth-order valence-electron chi connectivity index (χ4n) is 2.90. The van der Waals surface area contributed by atoms with Crippen LogP contribution in [0, 0.1) is 5.41 Å². The number of nitrogens with one attached hydrogen (secondary N) is 1. The molecule has 1 N–H and O–H groups in total. The Labute approximate surface area is 147 Å². The van der Waals surface area contributed by atoms with Crippen molar-refractivity contribution in [2.45, 2.75) is 59.1 Å². The zero-order valence-corrected chi connectivity index (χ0v) is 15.5. The topological polar surface area (TPSA) is 21.3 Å². The fraction of sp³-hybridized carbons (Fsp3) is 0.455. The standard InChI is InChI=1S/C22H31NO/c1-5-13-20(18-14-9-7-10-15-18)24-23-21(22(3,4)6-2)19-16-11-8-12-17-19/h7-12,14-17,20-21,23H,5-6,13H2,1-4H3/t20-,21-/m0/s1. The first-order chi connectivity index (χ1) is 11.6. The van der Waals surface area contributed by atoms with Crippen LogP contribution in [0.15, 0.2) is 60.7 Å². The zero-order chi connectivity index (χ0) is 17.4. The van der Waals surface area contributed by atoms with E-state index in [4.69, 9.17) is 4.84 Å². The second-order valence-electron chi connectivity index (χ2n) is 7.11. The molecule has 130 valence electrons. The van der Waals surface area contributed by atoms with Crippen molar-refractivity contribution in [1.82, 2.24) is 5.48 Å². The van der Waals surface area contributed by atoms with E-state index in [-0.39, 0.29) is 17.6 Å². The van der Waals surface area contributed by atoms with Crippen LogP contribution in [0.4, 0.5) is 0 Å². The highest BCUT2D eigenvalue weighted by molar-refractivity contribution is 5.21. The van der Waals surface area contributed by atoms with Gasteiger partial charge < -0.3 is 0 Å². The summed E-state index contributed by atoms with van der Waals surface area (Å²) in [5.41, 5.74) is 6.02. The van der Waals surface area contributed by atoms with Crippen LogP contribution in [0.5, 0.6) is 0 Å². The molecule has 0 aliphatic heterocycles. The van der Waals surface area contributed by atoms with Crippen LogP contribution in [-0.4, -0.2) is 0 Å². The van der Waals surface area contributed by atoms with Gasteiger partial charge in [-0.25, -0.2) is 0 Å². The lowest BCUT2D eigenvalue weighted by Gasteiger charge is -2.35. The molecule has 0 saturated heterocycles. The van der Waals surface area contributed by atoms with Crippen molar-refractivity contribution < 1.29 is 4.84 Å².